The molecule has 19 heavy (non-hydrogen) atoms. The fourth-order valence-electron chi connectivity index (χ4n) is 2.58. The summed E-state index contributed by atoms with van der Waals surface area (Å²) in [6, 6.07) is 8.61. The lowest BCUT2D eigenvalue weighted by Crippen LogP contribution is -2.16. The minimum atomic E-state index is 0. The van der Waals surface area contributed by atoms with Gasteiger partial charge < -0.3 is 5.32 Å². The number of aryl methyl sites for hydroxylation is 1. The van der Waals surface area contributed by atoms with Gasteiger partial charge in [-0.2, -0.15) is 0 Å². The summed E-state index contributed by atoms with van der Waals surface area (Å²) in [6.07, 6.45) is 2.17. The number of fused-ring (bicyclic) bond motifs is 1. The maximum atomic E-state index is 6.44. The normalized spacial score (nSPS) is 14.4. The van der Waals surface area contributed by atoms with Crippen molar-refractivity contribution in [2.75, 3.05) is 13.1 Å². The van der Waals surface area contributed by atoms with Gasteiger partial charge in [-0.1, -0.05) is 17.7 Å². The van der Waals surface area contributed by atoms with Gasteiger partial charge in [-0.15, -0.1) is 23.7 Å². The van der Waals surface area contributed by atoms with E-state index in [-0.39, 0.29) is 12.4 Å². The molecule has 2 aromatic rings. The highest BCUT2D eigenvalue weighted by molar-refractivity contribution is 7.15. The zero-order valence-corrected chi connectivity index (χ0v) is 13.2. The predicted molar refractivity (Wildman–Crippen MR) is 87.0 cm³/mol. The Morgan fingerprint density at radius 2 is 1.89 bits per heavy atom. The summed E-state index contributed by atoms with van der Waals surface area (Å²) in [5.41, 5.74) is 4.15. The Morgan fingerprint density at radius 3 is 2.63 bits per heavy atom. The van der Waals surface area contributed by atoms with E-state index in [2.05, 4.69) is 36.5 Å². The van der Waals surface area contributed by atoms with Crippen LogP contribution in [0.5, 0.6) is 0 Å². The van der Waals surface area contributed by atoms with Crippen molar-refractivity contribution >= 4 is 35.3 Å². The van der Waals surface area contributed by atoms with Gasteiger partial charge in [0.25, 0.3) is 0 Å². The van der Waals surface area contributed by atoms with E-state index in [0.29, 0.717) is 0 Å². The summed E-state index contributed by atoms with van der Waals surface area (Å²) in [7, 11) is 0. The molecule has 1 aromatic heterocycles. The average Bonchev–Trinajstić information content (AvgIpc) is 2.63. The molecule has 0 radical (unpaired) electrons. The van der Waals surface area contributed by atoms with Crippen LogP contribution in [0.3, 0.4) is 0 Å². The molecular weight excluding hydrogens is 297 g/mol. The van der Waals surface area contributed by atoms with E-state index < -0.39 is 0 Å². The molecule has 3 rings (SSSR count). The molecule has 0 atom stereocenters. The summed E-state index contributed by atoms with van der Waals surface area (Å²) in [4.78, 5) is 2.64. The van der Waals surface area contributed by atoms with Crippen LogP contribution in [0, 0.1) is 6.92 Å². The van der Waals surface area contributed by atoms with Crippen molar-refractivity contribution in [3.05, 3.63) is 45.3 Å². The van der Waals surface area contributed by atoms with Crippen molar-refractivity contribution in [2.45, 2.75) is 19.8 Å². The maximum Gasteiger partial charge on any atom is 0.0495 e. The Morgan fingerprint density at radius 1 is 1.11 bits per heavy atom. The molecule has 1 aromatic carbocycles. The van der Waals surface area contributed by atoms with Crippen molar-refractivity contribution in [3.63, 3.8) is 0 Å². The van der Waals surface area contributed by atoms with Gasteiger partial charge in [0.2, 0.25) is 0 Å². The molecule has 4 heteroatoms. The minimum absolute atomic E-state index is 0. The second-order valence-electron chi connectivity index (χ2n) is 4.72. The van der Waals surface area contributed by atoms with Gasteiger partial charge in [0, 0.05) is 20.3 Å². The van der Waals surface area contributed by atoms with E-state index in [1.165, 1.54) is 26.4 Å². The van der Waals surface area contributed by atoms with Crippen LogP contribution in [0.1, 0.15) is 16.0 Å². The van der Waals surface area contributed by atoms with Crippen LogP contribution in [0.4, 0.5) is 0 Å². The van der Waals surface area contributed by atoms with Gasteiger partial charge in [0.15, 0.2) is 0 Å². The molecule has 1 nitrogen and oxygen atoms in total. The Labute approximate surface area is 129 Å². The van der Waals surface area contributed by atoms with Gasteiger partial charge in [-0.25, -0.2) is 0 Å². The highest BCUT2D eigenvalue weighted by Crippen LogP contribution is 2.38. The third-order valence-electron chi connectivity index (χ3n) is 3.47. The SMILES string of the molecule is Cc1ccc(-c2c(Cl)ccc3c2CCNCC3)s1.Cl. The maximum absolute atomic E-state index is 6.44. The molecule has 0 aliphatic carbocycles. The first-order valence-corrected chi connectivity index (χ1v) is 7.53. The number of hydrogen-bond acceptors (Lipinski definition) is 2. The Hall–Kier alpha value is -0.540. The number of thiophene rings is 1. The van der Waals surface area contributed by atoms with Gasteiger partial charge in [0.1, 0.15) is 0 Å². The summed E-state index contributed by atoms with van der Waals surface area (Å²) < 4.78 is 0. The van der Waals surface area contributed by atoms with E-state index in [1.54, 1.807) is 0 Å². The summed E-state index contributed by atoms with van der Waals surface area (Å²) in [5.74, 6) is 0. The van der Waals surface area contributed by atoms with E-state index in [0.717, 1.165) is 31.0 Å². The average molecular weight is 314 g/mol. The largest absolute Gasteiger partial charge is 0.316 e. The zero-order chi connectivity index (χ0) is 12.5. The van der Waals surface area contributed by atoms with E-state index >= 15 is 0 Å². The monoisotopic (exact) mass is 313 g/mol. The standard InChI is InChI=1S/C15H16ClNS.ClH/c1-10-2-5-14(18-10)15-12-7-9-17-8-6-11(12)3-4-13(15)16;/h2-5,17H,6-9H2,1H3;1H. The molecule has 0 fully saturated rings. The van der Waals surface area contributed by atoms with Crippen molar-refractivity contribution in [3.8, 4) is 10.4 Å². The van der Waals surface area contributed by atoms with Crippen LogP contribution in [0.2, 0.25) is 5.02 Å². The lowest BCUT2D eigenvalue weighted by Gasteiger charge is -2.13. The first-order valence-electron chi connectivity index (χ1n) is 6.33. The summed E-state index contributed by atoms with van der Waals surface area (Å²) >= 11 is 8.27. The van der Waals surface area contributed by atoms with Crippen LogP contribution >= 0.6 is 35.3 Å². The van der Waals surface area contributed by atoms with Gasteiger partial charge in [-0.05, 0) is 62.2 Å². The second kappa shape index (κ2) is 6.27. The number of hydrogen-bond donors (Lipinski definition) is 1. The first kappa shape index (κ1) is 14.9. The fourth-order valence-corrected chi connectivity index (χ4v) is 3.87. The van der Waals surface area contributed by atoms with E-state index in [9.17, 15) is 0 Å². The quantitative estimate of drug-likeness (QED) is 0.818. The van der Waals surface area contributed by atoms with Crippen LogP contribution in [0.15, 0.2) is 24.3 Å². The topological polar surface area (TPSA) is 12.0 Å². The molecule has 1 aliphatic heterocycles. The highest BCUT2D eigenvalue weighted by atomic mass is 35.5. The summed E-state index contributed by atoms with van der Waals surface area (Å²) in [5, 5.41) is 4.34. The molecule has 0 spiro atoms. The molecule has 1 aliphatic rings. The molecular formula is C15H17Cl2NS. The van der Waals surface area contributed by atoms with Gasteiger partial charge in [0.05, 0.1) is 0 Å². The lowest BCUT2D eigenvalue weighted by atomic mass is 9.96. The molecule has 0 saturated carbocycles. The molecule has 102 valence electrons. The van der Waals surface area contributed by atoms with Crippen LogP contribution in [-0.2, 0) is 12.8 Å². The molecule has 0 amide bonds. The first-order chi connectivity index (χ1) is 8.75. The number of rotatable bonds is 1. The second-order valence-corrected chi connectivity index (χ2v) is 6.42. The van der Waals surface area contributed by atoms with Crippen molar-refractivity contribution in [1.82, 2.24) is 5.32 Å². The van der Waals surface area contributed by atoms with Crippen LogP contribution in [-0.4, -0.2) is 13.1 Å². The Balaban J connectivity index is 0.00000133. The lowest BCUT2D eigenvalue weighted by molar-refractivity contribution is 0.711. The summed E-state index contributed by atoms with van der Waals surface area (Å²) in [6.45, 7) is 4.26. The van der Waals surface area contributed by atoms with Crippen molar-refractivity contribution < 1.29 is 0 Å². The fraction of sp³-hybridized carbons (Fsp3) is 0.333. The predicted octanol–water partition coefficient (Wildman–Crippen LogP) is 4.49. The zero-order valence-electron chi connectivity index (χ0n) is 10.8. The van der Waals surface area contributed by atoms with E-state index in [4.69, 9.17) is 11.6 Å². The molecule has 2 heterocycles. The molecule has 0 bridgehead atoms. The van der Waals surface area contributed by atoms with Crippen molar-refractivity contribution in [2.24, 2.45) is 0 Å². The third-order valence-corrected chi connectivity index (χ3v) is 4.80. The number of halogens is 2. The molecule has 0 saturated heterocycles. The molecule has 0 unspecified atom stereocenters. The number of benzene rings is 1. The minimum Gasteiger partial charge on any atom is -0.316 e. The molecule has 1 N–H and O–H groups in total. The highest BCUT2D eigenvalue weighted by Gasteiger charge is 2.16. The van der Waals surface area contributed by atoms with E-state index in [1.807, 2.05) is 11.3 Å². The Kier molecular flexibility index (Phi) is 4.91. The van der Waals surface area contributed by atoms with Gasteiger partial charge in [-0.3, -0.25) is 0 Å². The van der Waals surface area contributed by atoms with Crippen LogP contribution < -0.4 is 5.32 Å². The van der Waals surface area contributed by atoms with Crippen molar-refractivity contribution in [1.29, 1.82) is 0 Å². The number of nitrogens with one attached hydrogen (secondary N) is 1. The van der Waals surface area contributed by atoms with Gasteiger partial charge >= 0.3 is 0 Å². The van der Waals surface area contributed by atoms with Crippen LogP contribution in [0.25, 0.3) is 10.4 Å². The third kappa shape index (κ3) is 2.97. The smallest absolute Gasteiger partial charge is 0.0495 e. The Bertz CT molecular complexity index is 578.